The first-order chi connectivity index (χ1) is 16.3. The molecule has 0 aliphatic rings. The Morgan fingerprint density at radius 2 is 1.91 bits per heavy atom. The van der Waals surface area contributed by atoms with Gasteiger partial charge in [0.2, 0.25) is 0 Å². The number of aromatic nitrogens is 2. The van der Waals surface area contributed by atoms with Gasteiger partial charge in [0, 0.05) is 26.8 Å². The van der Waals surface area contributed by atoms with Crippen molar-refractivity contribution in [3.05, 3.63) is 35.3 Å². The van der Waals surface area contributed by atoms with Gasteiger partial charge in [0.1, 0.15) is 18.0 Å². The molecule has 0 aliphatic carbocycles. The Kier molecular flexibility index (Phi) is 9.20. The number of benzene rings is 1. The molecule has 1 heterocycles. The average Bonchev–Trinajstić information content (AvgIpc) is 3.06. The molecule has 35 heavy (non-hydrogen) atoms. The Hall–Kier alpha value is -3.20. The molecular weight excluding hydrogens is 505 g/mol. The summed E-state index contributed by atoms with van der Waals surface area (Å²) in [6.07, 6.45) is 0. The number of imidazole rings is 1. The summed E-state index contributed by atoms with van der Waals surface area (Å²) < 4.78 is 85.0. The van der Waals surface area contributed by atoms with Crippen LogP contribution in [0.1, 0.15) is 12.6 Å². The molecule has 1 unspecified atom stereocenters. The lowest BCUT2D eigenvalue weighted by molar-refractivity contribution is -0.301. The number of hydrogen-bond donors (Lipinski definition) is 0. The molecule has 1 atom stereocenters. The maximum Gasteiger partial charge on any atom is 0.504 e. The molecule has 0 saturated heterocycles. The van der Waals surface area contributed by atoms with Gasteiger partial charge >= 0.3 is 18.1 Å². The summed E-state index contributed by atoms with van der Waals surface area (Å²) >= 11 is 0. The van der Waals surface area contributed by atoms with E-state index in [0.717, 1.165) is 6.07 Å². The number of nitrogens with zero attached hydrogens (tertiary/aromatic N) is 7. The van der Waals surface area contributed by atoms with Crippen LogP contribution in [0.15, 0.2) is 32.8 Å². The number of anilines is 1. The van der Waals surface area contributed by atoms with Crippen molar-refractivity contribution in [3.63, 3.8) is 0 Å². The highest BCUT2D eigenvalue weighted by molar-refractivity contribution is 7.90. The number of azo groups is 1. The second-order valence-corrected chi connectivity index (χ2v) is 8.45. The molecule has 17 heteroatoms. The second-order valence-electron chi connectivity index (χ2n) is 6.66. The normalized spacial score (nSPS) is 13.7. The molecular formula is C18H20F5N7O4S. The fraction of sp³-hybridized carbons (Fsp3) is 0.444. The van der Waals surface area contributed by atoms with Gasteiger partial charge < -0.3 is 14.3 Å². The monoisotopic (exact) mass is 525 g/mol. The zero-order chi connectivity index (χ0) is 26.4. The Morgan fingerprint density at radius 1 is 1.23 bits per heavy atom. The quantitative estimate of drug-likeness (QED) is 0.0985. The van der Waals surface area contributed by atoms with E-state index in [9.17, 15) is 26.2 Å². The zero-order valence-electron chi connectivity index (χ0n) is 18.8. The highest BCUT2D eigenvalue weighted by Gasteiger charge is 2.47. The van der Waals surface area contributed by atoms with Gasteiger partial charge in [0.25, 0.3) is 15.8 Å². The Labute approximate surface area is 197 Å². The van der Waals surface area contributed by atoms with E-state index >= 15 is 0 Å². The Balaban J connectivity index is 2.61. The summed E-state index contributed by atoms with van der Waals surface area (Å²) in [5.74, 6) is -0.214. The van der Waals surface area contributed by atoms with Gasteiger partial charge in [0.15, 0.2) is 0 Å². The number of hydrogen-bond acceptors (Lipinski definition) is 9. The summed E-state index contributed by atoms with van der Waals surface area (Å²) in [7, 11) is -1.27. The fourth-order valence-electron chi connectivity index (χ4n) is 2.43. The third-order valence-corrected chi connectivity index (χ3v) is 5.54. The molecule has 192 valence electrons. The molecule has 0 saturated carbocycles. The van der Waals surface area contributed by atoms with Gasteiger partial charge in [-0.1, -0.05) is 16.7 Å². The lowest BCUT2D eigenvalue weighted by Crippen LogP contribution is -2.27. The van der Waals surface area contributed by atoms with E-state index in [-0.39, 0.29) is 36.4 Å². The molecule has 1 aromatic heterocycles. The first-order valence-corrected chi connectivity index (χ1v) is 11.0. The van der Waals surface area contributed by atoms with Crippen molar-refractivity contribution in [1.82, 2.24) is 9.55 Å². The third kappa shape index (κ3) is 6.91. The molecule has 11 nitrogen and oxygen atoms in total. The minimum atomic E-state index is -5.87. The molecule has 0 aliphatic heterocycles. The summed E-state index contributed by atoms with van der Waals surface area (Å²) in [4.78, 5) is 18.4. The minimum Gasteiger partial charge on any atom is -0.378 e. The predicted octanol–water partition coefficient (Wildman–Crippen LogP) is 5.69. The summed E-state index contributed by atoms with van der Waals surface area (Å²) in [6.45, 7) is 5.01. The first kappa shape index (κ1) is 28.0. The largest absolute Gasteiger partial charge is 0.504 e. The van der Waals surface area contributed by atoms with E-state index in [1.807, 2.05) is 0 Å². The number of rotatable bonds is 10. The molecule has 2 aromatic rings. The molecule has 0 amide bonds. The summed E-state index contributed by atoms with van der Waals surface area (Å²) in [6, 6.07) is 3.66. The van der Waals surface area contributed by atoms with Crippen molar-refractivity contribution in [1.29, 1.82) is 0 Å². The van der Waals surface area contributed by atoms with Crippen LogP contribution >= 0.6 is 0 Å². The molecule has 0 spiro atoms. The SMILES string of the molecule is [C-]#[N+]c1nc(N=Nc2ccc(N(C)C)cc2N=S(=O)(OC(F)F)C(F)(F)F)n(C)c1COOCC. The lowest BCUT2D eigenvalue weighted by Gasteiger charge is -2.16. The highest BCUT2D eigenvalue weighted by atomic mass is 32.2. The van der Waals surface area contributed by atoms with E-state index in [2.05, 4.69) is 28.6 Å². The van der Waals surface area contributed by atoms with Crippen molar-refractivity contribution in [2.24, 2.45) is 21.6 Å². The smallest absolute Gasteiger partial charge is 0.378 e. The van der Waals surface area contributed by atoms with Crippen molar-refractivity contribution in [2.45, 2.75) is 25.7 Å². The predicted molar refractivity (Wildman–Crippen MR) is 114 cm³/mol. The van der Waals surface area contributed by atoms with Crippen LogP contribution < -0.4 is 4.90 Å². The molecule has 2 rings (SSSR count). The van der Waals surface area contributed by atoms with Crippen LogP contribution in [-0.2, 0) is 37.6 Å². The summed E-state index contributed by atoms with van der Waals surface area (Å²) in [5.41, 5.74) is -6.19. The standard InChI is InChI=1S/C18H20F5N7O4S/c1-6-32-33-10-14-15(24-2)25-17(30(14)5)27-26-12-8-7-11(29(3)4)9-13(12)28-35(31,18(21,22)23)34-16(19)20/h7-9,16H,6,10H2,1,3-5H3. The van der Waals surface area contributed by atoms with Crippen molar-refractivity contribution in [3.8, 4) is 0 Å². The highest BCUT2D eigenvalue weighted by Crippen LogP contribution is 2.38. The van der Waals surface area contributed by atoms with Crippen LogP contribution in [0.4, 0.5) is 50.8 Å². The van der Waals surface area contributed by atoms with Crippen LogP contribution in [0, 0.1) is 6.57 Å². The van der Waals surface area contributed by atoms with Crippen LogP contribution in [0.2, 0.25) is 0 Å². The van der Waals surface area contributed by atoms with Gasteiger partial charge in [-0.05, 0) is 25.1 Å². The number of halogens is 5. The van der Waals surface area contributed by atoms with Gasteiger partial charge in [0.05, 0.1) is 12.3 Å². The van der Waals surface area contributed by atoms with Gasteiger partial charge in [-0.3, -0.25) is 0 Å². The third-order valence-electron chi connectivity index (χ3n) is 4.11. The van der Waals surface area contributed by atoms with Crippen LogP contribution in [0.3, 0.4) is 0 Å². The second kappa shape index (κ2) is 11.5. The van der Waals surface area contributed by atoms with Gasteiger partial charge in [-0.25, -0.2) is 18.2 Å². The van der Waals surface area contributed by atoms with Crippen molar-refractivity contribution in [2.75, 3.05) is 25.6 Å². The van der Waals surface area contributed by atoms with Gasteiger partial charge in [-0.15, -0.1) is 5.11 Å². The Morgan fingerprint density at radius 3 is 2.46 bits per heavy atom. The van der Waals surface area contributed by atoms with E-state index in [4.69, 9.17) is 16.3 Å². The fourth-order valence-corrected chi connectivity index (χ4v) is 3.29. The first-order valence-electron chi connectivity index (χ1n) is 9.53. The van der Waals surface area contributed by atoms with Crippen molar-refractivity contribution < 1.29 is 40.1 Å². The van der Waals surface area contributed by atoms with E-state index < -0.39 is 27.8 Å². The average molecular weight is 525 g/mol. The van der Waals surface area contributed by atoms with Gasteiger partial charge in [-0.2, -0.15) is 26.3 Å². The summed E-state index contributed by atoms with van der Waals surface area (Å²) in [5, 5.41) is 7.61. The number of alkyl halides is 5. The van der Waals surface area contributed by atoms with Crippen LogP contribution in [-0.4, -0.2) is 46.6 Å². The van der Waals surface area contributed by atoms with Crippen LogP contribution in [0.5, 0.6) is 0 Å². The minimum absolute atomic E-state index is 0.0838. The maximum atomic E-state index is 13.3. The maximum absolute atomic E-state index is 13.3. The van der Waals surface area contributed by atoms with Crippen molar-refractivity contribution >= 4 is 38.8 Å². The zero-order valence-corrected chi connectivity index (χ0v) is 19.6. The van der Waals surface area contributed by atoms with E-state index in [0.29, 0.717) is 5.69 Å². The molecule has 1 aromatic carbocycles. The topological polar surface area (TPSA) is 107 Å². The molecule has 0 bridgehead atoms. The molecule has 0 N–H and O–H groups in total. The Bertz CT molecular complexity index is 1230. The lowest BCUT2D eigenvalue weighted by atomic mass is 10.2. The van der Waals surface area contributed by atoms with E-state index in [1.165, 1.54) is 28.6 Å². The van der Waals surface area contributed by atoms with Crippen LogP contribution in [0.25, 0.3) is 4.85 Å². The molecule has 0 fully saturated rings. The molecule has 0 radical (unpaired) electrons. The van der Waals surface area contributed by atoms with E-state index in [1.54, 1.807) is 21.0 Å².